The van der Waals surface area contributed by atoms with Gasteiger partial charge in [-0.25, -0.2) is 9.59 Å². The maximum atomic E-state index is 12.9. The van der Waals surface area contributed by atoms with Crippen LogP contribution in [0.2, 0.25) is 0 Å². The van der Waals surface area contributed by atoms with Gasteiger partial charge in [0, 0.05) is 13.1 Å². The second-order valence-electron chi connectivity index (χ2n) is 9.51. The molecule has 0 aliphatic heterocycles. The molecule has 0 fully saturated rings. The number of carbonyl (C=O) groups is 3. The first-order valence-electron chi connectivity index (χ1n) is 11.7. The van der Waals surface area contributed by atoms with E-state index in [4.69, 9.17) is 4.74 Å². The fourth-order valence-corrected chi connectivity index (χ4v) is 4.13. The monoisotopic (exact) mass is 467 g/mol. The highest BCUT2D eigenvalue weighted by atomic mass is 32.1. The van der Waals surface area contributed by atoms with Crippen molar-refractivity contribution >= 4 is 34.2 Å². The van der Waals surface area contributed by atoms with Gasteiger partial charge in [-0.2, -0.15) is 0 Å². The molecule has 182 valence electrons. The van der Waals surface area contributed by atoms with Crippen LogP contribution in [0.4, 0.5) is 9.80 Å². The van der Waals surface area contributed by atoms with Crippen LogP contribution in [0.5, 0.6) is 0 Å². The molecule has 0 aromatic carbocycles. The molecule has 1 heterocycles. The highest BCUT2D eigenvalue weighted by Gasteiger charge is 2.29. The number of amides is 3. The summed E-state index contributed by atoms with van der Waals surface area (Å²) >= 11 is 1.10. The normalized spacial score (nSPS) is 11.4. The van der Waals surface area contributed by atoms with Crippen molar-refractivity contribution in [1.82, 2.24) is 10.6 Å². The minimum atomic E-state index is -0.692. The maximum Gasteiger partial charge on any atom is 0.341 e. The quantitative estimate of drug-likeness (QED) is 0.264. The average Bonchev–Trinajstić information content (AvgIpc) is 3.00. The lowest BCUT2D eigenvalue weighted by Crippen LogP contribution is -2.30. The fraction of sp³-hybridized carbons (Fsp3) is 0.708. The van der Waals surface area contributed by atoms with E-state index in [-0.39, 0.29) is 11.5 Å². The number of hydrogen-bond acceptors (Lipinski definition) is 5. The molecule has 0 aliphatic carbocycles. The van der Waals surface area contributed by atoms with Crippen LogP contribution >= 0.6 is 11.3 Å². The summed E-state index contributed by atoms with van der Waals surface area (Å²) in [6.45, 7) is 14.3. The molecule has 3 N–H and O–H groups in total. The van der Waals surface area contributed by atoms with Gasteiger partial charge in [-0.3, -0.25) is 10.1 Å². The summed E-state index contributed by atoms with van der Waals surface area (Å²) in [5.41, 5.74) is 0.0501. The van der Waals surface area contributed by atoms with Gasteiger partial charge in [0.25, 0.3) is 5.91 Å². The first kappa shape index (κ1) is 27.9. The summed E-state index contributed by atoms with van der Waals surface area (Å²) in [5.74, 6) is -0.512. The first-order chi connectivity index (χ1) is 15.0. The molecule has 0 saturated heterocycles. The van der Waals surface area contributed by atoms with Crippen molar-refractivity contribution in [2.24, 2.45) is 5.92 Å². The van der Waals surface area contributed by atoms with Crippen LogP contribution in [0.3, 0.4) is 0 Å². The zero-order valence-electron chi connectivity index (χ0n) is 20.8. The van der Waals surface area contributed by atoms with Crippen molar-refractivity contribution in [2.75, 3.05) is 18.4 Å². The Kier molecular flexibility index (Phi) is 11.8. The Bertz CT molecular complexity index is 766. The van der Waals surface area contributed by atoms with Crippen LogP contribution in [-0.4, -0.2) is 36.6 Å². The molecule has 1 aromatic rings. The highest BCUT2D eigenvalue weighted by Crippen LogP contribution is 2.34. The zero-order chi connectivity index (χ0) is 24.3. The molecule has 0 bridgehead atoms. The Labute approximate surface area is 197 Å². The van der Waals surface area contributed by atoms with Gasteiger partial charge in [0.2, 0.25) is 0 Å². The van der Waals surface area contributed by atoms with Gasteiger partial charge in [0.1, 0.15) is 10.6 Å². The Morgan fingerprint density at radius 3 is 2.22 bits per heavy atom. The Morgan fingerprint density at radius 2 is 1.62 bits per heavy atom. The van der Waals surface area contributed by atoms with Crippen molar-refractivity contribution in [3.05, 3.63) is 16.0 Å². The van der Waals surface area contributed by atoms with Gasteiger partial charge in [0.05, 0.1) is 10.4 Å². The van der Waals surface area contributed by atoms with Crippen molar-refractivity contribution in [1.29, 1.82) is 0 Å². The summed E-state index contributed by atoms with van der Waals surface area (Å²) in [7, 11) is 0. The Balaban J connectivity index is 2.90. The number of ether oxygens (including phenoxy) is 1. The molecule has 1 aromatic heterocycles. The number of nitrogens with one attached hydrogen (secondary N) is 3. The summed E-state index contributed by atoms with van der Waals surface area (Å²) in [5, 5.41) is 8.80. The molecule has 0 aliphatic rings. The smallest absolute Gasteiger partial charge is 0.341 e. The number of unbranched alkanes of at least 4 members (excludes halogenated alkanes) is 5. The molecular weight excluding hydrogens is 426 g/mol. The lowest BCUT2D eigenvalue weighted by molar-refractivity contribution is 0.00705. The maximum absolute atomic E-state index is 12.9. The SMILES string of the molecule is CCCCCCCCNC(=O)Nc1sc(C(=O)NCC(C)C)c(C)c1C(=O)OC(C)(C)C. The van der Waals surface area contributed by atoms with Crippen molar-refractivity contribution in [2.45, 2.75) is 92.6 Å². The van der Waals surface area contributed by atoms with Gasteiger partial charge < -0.3 is 15.4 Å². The number of anilines is 1. The standard InChI is InChI=1S/C24H41N3O4S/c1-8-9-10-11-12-13-14-25-23(30)27-21-18(22(29)31-24(5,6)7)17(4)19(32-21)20(28)26-15-16(2)3/h16H,8-15H2,1-7H3,(H,26,28)(H2,25,27,30). The molecule has 0 atom stereocenters. The van der Waals surface area contributed by atoms with E-state index in [2.05, 4.69) is 22.9 Å². The molecule has 8 heteroatoms. The zero-order valence-corrected chi connectivity index (χ0v) is 21.6. The van der Waals surface area contributed by atoms with Crippen molar-refractivity contribution < 1.29 is 19.1 Å². The van der Waals surface area contributed by atoms with Crippen LogP contribution < -0.4 is 16.0 Å². The Morgan fingerprint density at radius 1 is 1.00 bits per heavy atom. The number of hydrogen-bond donors (Lipinski definition) is 3. The van der Waals surface area contributed by atoms with E-state index in [1.54, 1.807) is 27.7 Å². The van der Waals surface area contributed by atoms with Crippen LogP contribution in [0.15, 0.2) is 0 Å². The van der Waals surface area contributed by atoms with Gasteiger partial charge in [-0.1, -0.05) is 52.9 Å². The largest absolute Gasteiger partial charge is 0.456 e. The van der Waals surface area contributed by atoms with Crippen LogP contribution in [0.1, 0.15) is 106 Å². The fourth-order valence-electron chi connectivity index (χ4n) is 3.02. The third kappa shape index (κ3) is 10.0. The van der Waals surface area contributed by atoms with E-state index < -0.39 is 17.6 Å². The van der Waals surface area contributed by atoms with Crippen LogP contribution in [0.25, 0.3) is 0 Å². The molecule has 3 amide bonds. The molecule has 0 spiro atoms. The first-order valence-corrected chi connectivity index (χ1v) is 12.5. The predicted octanol–water partition coefficient (Wildman–Crippen LogP) is 5.88. The lowest BCUT2D eigenvalue weighted by atomic mass is 10.1. The molecular formula is C24H41N3O4S. The van der Waals surface area contributed by atoms with Crippen LogP contribution in [0, 0.1) is 12.8 Å². The minimum absolute atomic E-state index is 0.231. The summed E-state index contributed by atoms with van der Waals surface area (Å²) in [4.78, 5) is 38.4. The number of urea groups is 1. The van der Waals surface area contributed by atoms with Crippen LogP contribution in [-0.2, 0) is 4.74 Å². The molecule has 0 radical (unpaired) electrons. The van der Waals surface area contributed by atoms with Crippen molar-refractivity contribution in [3.63, 3.8) is 0 Å². The second-order valence-corrected chi connectivity index (χ2v) is 10.5. The lowest BCUT2D eigenvalue weighted by Gasteiger charge is -2.20. The number of rotatable bonds is 12. The van der Waals surface area contributed by atoms with Gasteiger partial charge in [0.15, 0.2) is 0 Å². The predicted molar refractivity (Wildman–Crippen MR) is 132 cm³/mol. The summed E-state index contributed by atoms with van der Waals surface area (Å²) in [6, 6.07) is -0.390. The van der Waals surface area contributed by atoms with E-state index in [0.29, 0.717) is 34.4 Å². The molecule has 32 heavy (non-hydrogen) atoms. The third-order valence-corrected chi connectivity index (χ3v) is 5.88. The van der Waals surface area contributed by atoms with E-state index in [1.165, 1.54) is 25.7 Å². The van der Waals surface area contributed by atoms with Crippen molar-refractivity contribution in [3.8, 4) is 0 Å². The molecule has 0 unspecified atom stereocenters. The average molecular weight is 468 g/mol. The van der Waals surface area contributed by atoms with E-state index in [9.17, 15) is 14.4 Å². The second kappa shape index (κ2) is 13.5. The third-order valence-electron chi connectivity index (χ3n) is 4.67. The number of carbonyl (C=O) groups excluding carboxylic acids is 3. The van der Waals surface area contributed by atoms with E-state index in [1.807, 2.05) is 13.8 Å². The number of esters is 1. The van der Waals surface area contributed by atoms with Gasteiger partial charge in [-0.15, -0.1) is 11.3 Å². The molecule has 1 rings (SSSR count). The number of thiophene rings is 1. The minimum Gasteiger partial charge on any atom is -0.456 e. The molecule has 0 saturated carbocycles. The van der Waals surface area contributed by atoms with E-state index in [0.717, 1.165) is 24.2 Å². The highest BCUT2D eigenvalue weighted by molar-refractivity contribution is 7.18. The van der Waals surface area contributed by atoms with Gasteiger partial charge >= 0.3 is 12.0 Å². The summed E-state index contributed by atoms with van der Waals surface area (Å²) < 4.78 is 5.53. The van der Waals surface area contributed by atoms with Gasteiger partial charge in [-0.05, 0) is 45.6 Å². The molecule has 7 nitrogen and oxygen atoms in total. The summed E-state index contributed by atoms with van der Waals surface area (Å²) in [6.07, 6.45) is 6.81. The Hall–Kier alpha value is -2.09. The topological polar surface area (TPSA) is 96.5 Å². The van der Waals surface area contributed by atoms with E-state index >= 15 is 0 Å².